The van der Waals surface area contributed by atoms with Crippen molar-refractivity contribution in [3.8, 4) is 11.5 Å². The van der Waals surface area contributed by atoms with E-state index in [1.165, 1.54) is 12.1 Å². The second kappa shape index (κ2) is 5.71. The van der Waals surface area contributed by atoms with Crippen molar-refractivity contribution < 1.29 is 13.9 Å². The van der Waals surface area contributed by atoms with E-state index in [0.717, 1.165) is 11.1 Å². The van der Waals surface area contributed by atoms with E-state index in [1.807, 2.05) is 6.07 Å². The molecule has 0 heterocycles. The van der Waals surface area contributed by atoms with Gasteiger partial charge in [-0.2, -0.15) is 0 Å². The van der Waals surface area contributed by atoms with Crippen LogP contribution in [0.3, 0.4) is 0 Å². The van der Waals surface area contributed by atoms with Crippen LogP contribution in [0.15, 0.2) is 42.5 Å². The summed E-state index contributed by atoms with van der Waals surface area (Å²) in [4.78, 5) is 0. The molecule has 0 aromatic heterocycles. The van der Waals surface area contributed by atoms with Gasteiger partial charge in [0.1, 0.15) is 17.3 Å². The van der Waals surface area contributed by atoms with E-state index in [0.29, 0.717) is 11.5 Å². The molecular formula is C15H16FNO2. The molecule has 4 heteroatoms. The maximum absolute atomic E-state index is 12.9. The zero-order valence-electron chi connectivity index (χ0n) is 10.9. The van der Waals surface area contributed by atoms with Gasteiger partial charge in [0.05, 0.1) is 20.3 Å². The summed E-state index contributed by atoms with van der Waals surface area (Å²) >= 11 is 0. The van der Waals surface area contributed by atoms with Gasteiger partial charge in [0, 0.05) is 5.56 Å². The maximum Gasteiger partial charge on any atom is 0.124 e. The van der Waals surface area contributed by atoms with Gasteiger partial charge in [-0.05, 0) is 35.9 Å². The van der Waals surface area contributed by atoms with E-state index in [9.17, 15) is 4.39 Å². The molecule has 0 aliphatic carbocycles. The molecule has 2 aromatic rings. The summed E-state index contributed by atoms with van der Waals surface area (Å²) in [5.41, 5.74) is 7.82. The average Bonchev–Trinajstić information content (AvgIpc) is 2.46. The monoisotopic (exact) mass is 261 g/mol. The molecule has 1 atom stereocenters. The minimum atomic E-state index is -0.398. The van der Waals surface area contributed by atoms with E-state index < -0.39 is 6.04 Å². The Labute approximate surface area is 111 Å². The second-order valence-electron chi connectivity index (χ2n) is 4.14. The van der Waals surface area contributed by atoms with Crippen LogP contribution in [0.5, 0.6) is 11.5 Å². The van der Waals surface area contributed by atoms with Crippen LogP contribution in [0.2, 0.25) is 0 Å². The third-order valence-corrected chi connectivity index (χ3v) is 3.00. The molecule has 0 bridgehead atoms. The number of rotatable bonds is 4. The van der Waals surface area contributed by atoms with Gasteiger partial charge in [-0.25, -0.2) is 4.39 Å². The zero-order chi connectivity index (χ0) is 13.8. The molecule has 3 nitrogen and oxygen atoms in total. The number of hydrogen-bond acceptors (Lipinski definition) is 3. The third-order valence-electron chi connectivity index (χ3n) is 3.00. The summed E-state index contributed by atoms with van der Waals surface area (Å²) < 4.78 is 23.4. The van der Waals surface area contributed by atoms with E-state index in [1.54, 1.807) is 38.5 Å². The molecule has 2 N–H and O–H groups in total. The molecule has 1 unspecified atom stereocenters. The van der Waals surface area contributed by atoms with Crippen molar-refractivity contribution in [1.29, 1.82) is 0 Å². The third kappa shape index (κ3) is 2.85. The van der Waals surface area contributed by atoms with Crippen LogP contribution in [-0.2, 0) is 0 Å². The Kier molecular flexibility index (Phi) is 4.02. The van der Waals surface area contributed by atoms with Crippen LogP contribution in [0.25, 0.3) is 0 Å². The number of nitrogens with two attached hydrogens (primary N) is 1. The summed E-state index contributed by atoms with van der Waals surface area (Å²) in [6, 6.07) is 11.1. The maximum atomic E-state index is 12.9. The molecule has 0 radical (unpaired) electrons. The Balaban J connectivity index is 2.41. The van der Waals surface area contributed by atoms with Crippen LogP contribution in [-0.4, -0.2) is 14.2 Å². The van der Waals surface area contributed by atoms with E-state index >= 15 is 0 Å². The zero-order valence-corrected chi connectivity index (χ0v) is 10.9. The molecule has 19 heavy (non-hydrogen) atoms. The van der Waals surface area contributed by atoms with Gasteiger partial charge in [0.15, 0.2) is 0 Å². The lowest BCUT2D eigenvalue weighted by Gasteiger charge is -2.17. The van der Waals surface area contributed by atoms with Crippen LogP contribution >= 0.6 is 0 Å². The van der Waals surface area contributed by atoms with Gasteiger partial charge in [-0.3, -0.25) is 0 Å². The first-order chi connectivity index (χ1) is 9.15. The van der Waals surface area contributed by atoms with Gasteiger partial charge in [0.25, 0.3) is 0 Å². The summed E-state index contributed by atoms with van der Waals surface area (Å²) in [7, 11) is 3.18. The van der Waals surface area contributed by atoms with Gasteiger partial charge < -0.3 is 15.2 Å². The van der Waals surface area contributed by atoms with Crippen LogP contribution in [0, 0.1) is 5.82 Å². The molecule has 0 spiro atoms. The van der Waals surface area contributed by atoms with Gasteiger partial charge in [0.2, 0.25) is 0 Å². The standard InChI is InChI=1S/C15H16FNO2/c1-18-12-7-8-14(19-2)13(9-12)15(17)10-3-5-11(16)6-4-10/h3-9,15H,17H2,1-2H3. The largest absolute Gasteiger partial charge is 0.497 e. The predicted molar refractivity (Wildman–Crippen MR) is 72.0 cm³/mol. The molecule has 2 rings (SSSR count). The van der Waals surface area contributed by atoms with Crippen molar-refractivity contribution in [3.63, 3.8) is 0 Å². The Bertz CT molecular complexity index is 555. The lowest BCUT2D eigenvalue weighted by Crippen LogP contribution is -2.13. The number of hydrogen-bond donors (Lipinski definition) is 1. The topological polar surface area (TPSA) is 44.5 Å². The predicted octanol–water partition coefficient (Wildman–Crippen LogP) is 2.89. The summed E-state index contributed by atoms with van der Waals surface area (Å²) in [5.74, 6) is 1.10. The van der Waals surface area contributed by atoms with E-state index in [4.69, 9.17) is 15.2 Å². The Morgan fingerprint density at radius 3 is 2.26 bits per heavy atom. The van der Waals surface area contributed by atoms with Crippen LogP contribution in [0.4, 0.5) is 4.39 Å². The van der Waals surface area contributed by atoms with Crippen LogP contribution < -0.4 is 15.2 Å². The highest BCUT2D eigenvalue weighted by Gasteiger charge is 2.15. The molecular weight excluding hydrogens is 245 g/mol. The lowest BCUT2D eigenvalue weighted by atomic mass is 9.98. The van der Waals surface area contributed by atoms with Gasteiger partial charge in [-0.1, -0.05) is 12.1 Å². The van der Waals surface area contributed by atoms with Crippen molar-refractivity contribution in [3.05, 3.63) is 59.4 Å². The fourth-order valence-electron chi connectivity index (χ4n) is 1.93. The quantitative estimate of drug-likeness (QED) is 0.920. The summed E-state index contributed by atoms with van der Waals surface area (Å²) in [6.45, 7) is 0. The molecule has 0 saturated carbocycles. The fraction of sp³-hybridized carbons (Fsp3) is 0.200. The van der Waals surface area contributed by atoms with Crippen LogP contribution in [0.1, 0.15) is 17.2 Å². The second-order valence-corrected chi connectivity index (χ2v) is 4.14. The molecule has 100 valence electrons. The molecule has 0 amide bonds. The smallest absolute Gasteiger partial charge is 0.124 e. The van der Waals surface area contributed by atoms with Crippen molar-refractivity contribution >= 4 is 0 Å². The van der Waals surface area contributed by atoms with E-state index in [2.05, 4.69) is 0 Å². The first-order valence-corrected chi connectivity index (χ1v) is 5.88. The van der Waals surface area contributed by atoms with Crippen molar-refractivity contribution in [2.75, 3.05) is 14.2 Å². The molecule has 0 fully saturated rings. The number of ether oxygens (including phenoxy) is 2. The number of methoxy groups -OCH3 is 2. The fourth-order valence-corrected chi connectivity index (χ4v) is 1.93. The highest BCUT2D eigenvalue weighted by molar-refractivity contribution is 5.45. The minimum absolute atomic E-state index is 0.284. The lowest BCUT2D eigenvalue weighted by molar-refractivity contribution is 0.397. The van der Waals surface area contributed by atoms with Crippen molar-refractivity contribution in [2.24, 2.45) is 5.73 Å². The summed E-state index contributed by atoms with van der Waals surface area (Å²) in [5, 5.41) is 0. The molecule has 0 aliphatic rings. The molecule has 0 saturated heterocycles. The Morgan fingerprint density at radius 2 is 1.68 bits per heavy atom. The average molecular weight is 261 g/mol. The van der Waals surface area contributed by atoms with Crippen molar-refractivity contribution in [1.82, 2.24) is 0 Å². The highest BCUT2D eigenvalue weighted by Crippen LogP contribution is 2.31. The first kappa shape index (κ1) is 13.4. The minimum Gasteiger partial charge on any atom is -0.497 e. The van der Waals surface area contributed by atoms with Gasteiger partial charge in [-0.15, -0.1) is 0 Å². The Morgan fingerprint density at radius 1 is 1.00 bits per heavy atom. The number of halogens is 1. The van der Waals surface area contributed by atoms with Crippen molar-refractivity contribution in [2.45, 2.75) is 6.04 Å². The van der Waals surface area contributed by atoms with Gasteiger partial charge >= 0.3 is 0 Å². The summed E-state index contributed by atoms with van der Waals surface area (Å²) in [6.07, 6.45) is 0. The normalized spacial score (nSPS) is 12.0. The molecule has 2 aromatic carbocycles. The number of benzene rings is 2. The highest BCUT2D eigenvalue weighted by atomic mass is 19.1. The SMILES string of the molecule is COc1ccc(OC)c(C(N)c2ccc(F)cc2)c1. The molecule has 0 aliphatic heterocycles. The van der Waals surface area contributed by atoms with E-state index in [-0.39, 0.29) is 5.82 Å². The first-order valence-electron chi connectivity index (χ1n) is 5.88. The Hall–Kier alpha value is -2.07.